The Morgan fingerprint density at radius 2 is 1.80 bits per heavy atom. The summed E-state index contributed by atoms with van der Waals surface area (Å²) < 4.78 is 5.28. The summed E-state index contributed by atoms with van der Waals surface area (Å²) in [4.78, 5) is 16.5. The van der Waals surface area contributed by atoms with E-state index in [1.54, 1.807) is 13.2 Å². The van der Waals surface area contributed by atoms with Crippen molar-refractivity contribution in [1.82, 2.24) is 10.3 Å². The Bertz CT molecular complexity index is 888. The van der Waals surface area contributed by atoms with Crippen LogP contribution in [0.2, 0.25) is 0 Å². The van der Waals surface area contributed by atoms with Crippen LogP contribution in [0.5, 0.6) is 5.75 Å². The number of unbranched alkanes of at least 4 members (excludes halogenated alkanes) is 6. The largest absolute Gasteiger partial charge is 0.497 e. The van der Waals surface area contributed by atoms with Gasteiger partial charge in [0.1, 0.15) is 5.75 Å². The van der Waals surface area contributed by atoms with Gasteiger partial charge in [-0.15, -0.1) is 0 Å². The van der Waals surface area contributed by atoms with Gasteiger partial charge in [0.25, 0.3) is 0 Å². The van der Waals surface area contributed by atoms with Gasteiger partial charge in [0.05, 0.1) is 7.11 Å². The van der Waals surface area contributed by atoms with Gasteiger partial charge < -0.3 is 10.1 Å². The van der Waals surface area contributed by atoms with Gasteiger partial charge in [-0.05, 0) is 73.9 Å². The third kappa shape index (κ3) is 12.4. The number of hydrogen-bond acceptors (Lipinski definition) is 3. The molecule has 0 unspecified atom stereocenters. The van der Waals surface area contributed by atoms with Crippen molar-refractivity contribution in [3.63, 3.8) is 0 Å². The second kappa shape index (κ2) is 17.5. The van der Waals surface area contributed by atoms with E-state index in [4.69, 9.17) is 4.74 Å². The van der Waals surface area contributed by atoms with Crippen LogP contribution in [-0.4, -0.2) is 24.0 Å². The van der Waals surface area contributed by atoms with E-state index in [0.717, 1.165) is 37.9 Å². The lowest BCUT2D eigenvalue weighted by atomic mass is 9.99. The maximum absolute atomic E-state index is 12.4. The van der Waals surface area contributed by atoms with Gasteiger partial charge in [-0.25, -0.2) is 0 Å². The highest BCUT2D eigenvalue weighted by atomic mass is 16.5. The number of amides is 1. The molecule has 1 heterocycles. The van der Waals surface area contributed by atoms with E-state index in [0.29, 0.717) is 0 Å². The number of allylic oxidation sites excluding steroid dienone is 3. The minimum atomic E-state index is -0.0205. The van der Waals surface area contributed by atoms with Crippen LogP contribution >= 0.6 is 0 Å². The van der Waals surface area contributed by atoms with Crippen molar-refractivity contribution in [2.24, 2.45) is 0 Å². The highest BCUT2D eigenvalue weighted by molar-refractivity contribution is 5.88. The predicted octanol–water partition coefficient (Wildman–Crippen LogP) is 7.70. The van der Waals surface area contributed by atoms with Gasteiger partial charge in [0.15, 0.2) is 0 Å². The molecule has 1 N–H and O–H groups in total. The number of benzene rings is 1. The van der Waals surface area contributed by atoms with Crippen LogP contribution in [-0.2, 0) is 11.2 Å². The standard InChI is InChI=1S/C31H44N2O2/c1-4-5-9-17-28(29-20-22-30(35-3)23-21-29)18-12-19-31(34)33-26(2)14-10-7-6-8-11-15-27-16-13-24-32-25-27/h12-13,16,18-26H,4-11,14-15,17H2,1-3H3,(H,33,34)/b19-12+,28-18+/t26-/m1/s1. The van der Waals surface area contributed by atoms with Gasteiger partial charge in [-0.1, -0.05) is 75.8 Å². The Balaban J connectivity index is 1.69. The zero-order valence-corrected chi connectivity index (χ0v) is 22.0. The zero-order chi connectivity index (χ0) is 25.1. The predicted molar refractivity (Wildman–Crippen MR) is 148 cm³/mol. The number of hydrogen-bond donors (Lipinski definition) is 1. The first kappa shape index (κ1) is 28.4. The van der Waals surface area contributed by atoms with E-state index in [1.807, 2.05) is 36.7 Å². The minimum absolute atomic E-state index is 0.0205. The number of aryl methyl sites for hydroxylation is 1. The van der Waals surface area contributed by atoms with Crippen molar-refractivity contribution >= 4 is 11.5 Å². The molecule has 2 aromatic rings. The summed E-state index contributed by atoms with van der Waals surface area (Å²) >= 11 is 0. The number of ether oxygens (including phenoxy) is 1. The van der Waals surface area contributed by atoms with Gasteiger partial charge in [0.2, 0.25) is 5.91 Å². The van der Waals surface area contributed by atoms with Gasteiger partial charge in [0, 0.05) is 24.5 Å². The SMILES string of the molecule is CCCCC/C(=C\C=C\C(=O)N[C@H](C)CCCCCCCc1cccnc1)c1ccc(OC)cc1. The summed E-state index contributed by atoms with van der Waals surface area (Å²) in [6.45, 7) is 4.31. The van der Waals surface area contributed by atoms with E-state index in [1.165, 1.54) is 55.2 Å². The molecule has 35 heavy (non-hydrogen) atoms. The van der Waals surface area contributed by atoms with Crippen molar-refractivity contribution in [2.75, 3.05) is 7.11 Å². The molecule has 0 spiro atoms. The Hall–Kier alpha value is -2.88. The van der Waals surface area contributed by atoms with E-state index >= 15 is 0 Å². The first-order chi connectivity index (χ1) is 17.1. The summed E-state index contributed by atoms with van der Waals surface area (Å²) in [6, 6.07) is 12.5. The average molecular weight is 477 g/mol. The molecular formula is C31H44N2O2. The van der Waals surface area contributed by atoms with Crippen LogP contribution < -0.4 is 10.1 Å². The second-order valence-electron chi connectivity index (χ2n) is 9.31. The first-order valence-electron chi connectivity index (χ1n) is 13.3. The van der Waals surface area contributed by atoms with E-state index in [-0.39, 0.29) is 11.9 Å². The third-order valence-corrected chi connectivity index (χ3v) is 6.27. The quantitative estimate of drug-likeness (QED) is 0.145. The molecule has 190 valence electrons. The van der Waals surface area contributed by atoms with Gasteiger partial charge >= 0.3 is 0 Å². The molecule has 2 rings (SSSR count). The second-order valence-corrected chi connectivity index (χ2v) is 9.31. The number of aromatic nitrogens is 1. The summed E-state index contributed by atoms with van der Waals surface area (Å²) in [5.41, 5.74) is 3.76. The topological polar surface area (TPSA) is 51.2 Å². The van der Waals surface area contributed by atoms with Crippen molar-refractivity contribution in [1.29, 1.82) is 0 Å². The number of carbonyl (C=O) groups excluding carboxylic acids is 1. The summed E-state index contributed by atoms with van der Waals surface area (Å²) in [5.74, 6) is 0.836. The molecule has 0 radical (unpaired) electrons. The summed E-state index contributed by atoms with van der Waals surface area (Å²) in [5, 5.41) is 3.11. The van der Waals surface area contributed by atoms with Crippen LogP contribution in [0, 0.1) is 0 Å². The average Bonchev–Trinajstić information content (AvgIpc) is 2.88. The molecule has 0 saturated carbocycles. The Labute approximate surface area is 212 Å². The molecule has 0 saturated heterocycles. The molecular weight excluding hydrogens is 432 g/mol. The normalized spacial score (nSPS) is 12.6. The number of pyridine rings is 1. The lowest BCUT2D eigenvalue weighted by Gasteiger charge is -2.12. The summed E-state index contributed by atoms with van der Waals surface area (Å²) in [6.07, 6.45) is 22.2. The zero-order valence-electron chi connectivity index (χ0n) is 22.0. The molecule has 0 aliphatic carbocycles. The van der Waals surface area contributed by atoms with Crippen molar-refractivity contribution in [3.05, 3.63) is 78.1 Å². The number of carbonyl (C=O) groups is 1. The lowest BCUT2D eigenvalue weighted by molar-refractivity contribution is -0.117. The van der Waals surface area contributed by atoms with Crippen LogP contribution in [0.1, 0.15) is 89.2 Å². The maximum Gasteiger partial charge on any atom is 0.244 e. The van der Waals surface area contributed by atoms with E-state index < -0.39 is 0 Å². The Kier molecular flexibility index (Phi) is 14.2. The molecule has 4 nitrogen and oxygen atoms in total. The minimum Gasteiger partial charge on any atom is -0.497 e. The van der Waals surface area contributed by atoms with E-state index in [9.17, 15) is 4.79 Å². The van der Waals surface area contributed by atoms with Crippen molar-refractivity contribution < 1.29 is 9.53 Å². The molecule has 0 aliphatic rings. The number of methoxy groups -OCH3 is 1. The summed E-state index contributed by atoms with van der Waals surface area (Å²) in [7, 11) is 1.68. The van der Waals surface area contributed by atoms with E-state index in [2.05, 4.69) is 48.4 Å². The fourth-order valence-corrected chi connectivity index (χ4v) is 4.17. The number of rotatable bonds is 17. The highest BCUT2D eigenvalue weighted by Crippen LogP contribution is 2.24. The third-order valence-electron chi connectivity index (χ3n) is 6.27. The molecule has 1 amide bonds. The molecule has 0 bridgehead atoms. The molecule has 1 aromatic carbocycles. The van der Waals surface area contributed by atoms with Gasteiger partial charge in [-0.3, -0.25) is 9.78 Å². The van der Waals surface area contributed by atoms with Crippen LogP contribution in [0.15, 0.2) is 67.0 Å². The molecule has 0 aliphatic heterocycles. The number of nitrogens with one attached hydrogen (secondary N) is 1. The first-order valence-corrected chi connectivity index (χ1v) is 13.3. The Morgan fingerprint density at radius 3 is 2.51 bits per heavy atom. The van der Waals surface area contributed by atoms with Crippen LogP contribution in [0.4, 0.5) is 0 Å². The Morgan fingerprint density at radius 1 is 1.03 bits per heavy atom. The van der Waals surface area contributed by atoms with Crippen molar-refractivity contribution in [3.8, 4) is 5.75 Å². The molecule has 1 atom stereocenters. The molecule has 0 fully saturated rings. The number of nitrogens with zero attached hydrogens (tertiary/aromatic N) is 1. The molecule has 4 heteroatoms. The lowest BCUT2D eigenvalue weighted by Crippen LogP contribution is -2.30. The fourth-order valence-electron chi connectivity index (χ4n) is 4.17. The van der Waals surface area contributed by atoms with Gasteiger partial charge in [-0.2, -0.15) is 0 Å². The highest BCUT2D eigenvalue weighted by Gasteiger charge is 2.05. The monoisotopic (exact) mass is 476 g/mol. The van der Waals surface area contributed by atoms with Crippen LogP contribution in [0.25, 0.3) is 5.57 Å². The smallest absolute Gasteiger partial charge is 0.244 e. The fraction of sp³-hybridized carbons (Fsp3) is 0.484. The van der Waals surface area contributed by atoms with Crippen LogP contribution in [0.3, 0.4) is 0 Å². The van der Waals surface area contributed by atoms with Crippen molar-refractivity contribution in [2.45, 2.75) is 90.5 Å². The maximum atomic E-state index is 12.4. The molecule has 1 aromatic heterocycles.